The maximum absolute atomic E-state index is 12.8. The lowest BCUT2D eigenvalue weighted by Gasteiger charge is -2.32. The van der Waals surface area contributed by atoms with Gasteiger partial charge in [0, 0.05) is 62.0 Å². The predicted molar refractivity (Wildman–Crippen MR) is 109 cm³/mol. The minimum atomic E-state index is -0.221. The minimum absolute atomic E-state index is 0.0193. The zero-order valence-corrected chi connectivity index (χ0v) is 16.9. The fourth-order valence-corrected chi connectivity index (χ4v) is 3.50. The summed E-state index contributed by atoms with van der Waals surface area (Å²) < 4.78 is 0. The summed E-state index contributed by atoms with van der Waals surface area (Å²) in [7, 11) is 0. The number of azide groups is 1. The Morgan fingerprint density at radius 2 is 2.13 bits per heavy atom. The van der Waals surface area contributed by atoms with E-state index < -0.39 is 0 Å². The van der Waals surface area contributed by atoms with E-state index in [1.54, 1.807) is 30.4 Å². The number of likely N-dealkylation sites (tertiary alicyclic amines) is 1. The van der Waals surface area contributed by atoms with Crippen LogP contribution in [-0.2, 0) is 11.3 Å². The van der Waals surface area contributed by atoms with E-state index in [-0.39, 0.29) is 30.7 Å². The smallest absolute Gasteiger partial charge is 0.254 e. The number of nitrogens with one attached hydrogen (secondary N) is 1. The summed E-state index contributed by atoms with van der Waals surface area (Å²) in [6.45, 7) is 3.51. The fraction of sp³-hybridized carbons (Fsp3) is 0.450. The fourth-order valence-electron chi connectivity index (χ4n) is 3.50. The third-order valence-corrected chi connectivity index (χ3v) is 5.08. The van der Waals surface area contributed by atoms with Gasteiger partial charge in [-0.05, 0) is 36.9 Å². The van der Waals surface area contributed by atoms with Gasteiger partial charge in [0.15, 0.2) is 0 Å². The Bertz CT molecular complexity index is 935. The molecule has 0 spiro atoms. The third-order valence-electron chi connectivity index (χ3n) is 5.08. The summed E-state index contributed by atoms with van der Waals surface area (Å²) in [4.78, 5) is 42.3. The molecule has 10 heteroatoms. The van der Waals surface area contributed by atoms with Crippen molar-refractivity contribution in [3.8, 4) is 0 Å². The van der Waals surface area contributed by atoms with Gasteiger partial charge in [0.05, 0.1) is 11.3 Å². The molecule has 10 nitrogen and oxygen atoms in total. The highest BCUT2D eigenvalue weighted by Gasteiger charge is 2.28. The number of piperidine rings is 1. The van der Waals surface area contributed by atoms with Gasteiger partial charge in [-0.3, -0.25) is 14.6 Å². The molecule has 0 aromatic carbocycles. The molecule has 3 heterocycles. The average Bonchev–Trinajstić information content (AvgIpc) is 2.78. The SMILES string of the molecule is Cc1ncc(C(=O)NCc2cccnc2)c(C2CCN(C(=O)CCN=[N+]=[N-])CC2)n1. The van der Waals surface area contributed by atoms with Gasteiger partial charge >= 0.3 is 0 Å². The molecule has 2 aromatic rings. The first-order chi connectivity index (χ1) is 14.6. The van der Waals surface area contributed by atoms with Crippen LogP contribution in [0.15, 0.2) is 35.8 Å². The second kappa shape index (κ2) is 10.3. The zero-order valence-electron chi connectivity index (χ0n) is 16.9. The Hall–Kier alpha value is -3.52. The van der Waals surface area contributed by atoms with Crippen LogP contribution in [0.2, 0.25) is 0 Å². The number of hydrogen-bond donors (Lipinski definition) is 1. The lowest BCUT2D eigenvalue weighted by atomic mass is 9.90. The molecule has 156 valence electrons. The van der Waals surface area contributed by atoms with Gasteiger partial charge in [0.25, 0.3) is 5.91 Å². The van der Waals surface area contributed by atoms with Crippen molar-refractivity contribution in [2.24, 2.45) is 5.11 Å². The van der Waals surface area contributed by atoms with Gasteiger partial charge in [-0.25, -0.2) is 9.97 Å². The zero-order chi connectivity index (χ0) is 21.3. The molecule has 0 atom stereocenters. The summed E-state index contributed by atoms with van der Waals surface area (Å²) in [6.07, 6.45) is 6.61. The van der Waals surface area contributed by atoms with E-state index in [4.69, 9.17) is 5.53 Å². The highest BCUT2D eigenvalue weighted by atomic mass is 16.2. The predicted octanol–water partition coefficient (Wildman–Crippen LogP) is 2.52. The van der Waals surface area contributed by atoms with Crippen molar-refractivity contribution in [2.75, 3.05) is 19.6 Å². The molecule has 30 heavy (non-hydrogen) atoms. The Labute approximate surface area is 174 Å². The van der Waals surface area contributed by atoms with Crippen molar-refractivity contribution in [3.05, 3.63) is 63.8 Å². The molecule has 0 bridgehead atoms. The lowest BCUT2D eigenvalue weighted by molar-refractivity contribution is -0.132. The number of nitrogens with zero attached hydrogens (tertiary/aromatic N) is 7. The molecule has 1 saturated heterocycles. The molecule has 1 aliphatic heterocycles. The van der Waals surface area contributed by atoms with E-state index in [1.807, 2.05) is 12.1 Å². The number of rotatable bonds is 7. The van der Waals surface area contributed by atoms with Gasteiger partial charge in [-0.1, -0.05) is 11.2 Å². The van der Waals surface area contributed by atoms with Crippen molar-refractivity contribution >= 4 is 11.8 Å². The first-order valence-electron chi connectivity index (χ1n) is 9.87. The summed E-state index contributed by atoms with van der Waals surface area (Å²) in [5.41, 5.74) is 10.4. The molecule has 1 N–H and O–H groups in total. The molecule has 0 unspecified atom stereocenters. The van der Waals surface area contributed by atoms with Crippen molar-refractivity contribution in [1.82, 2.24) is 25.2 Å². The van der Waals surface area contributed by atoms with Gasteiger partial charge in [-0.2, -0.15) is 0 Å². The Kier molecular flexibility index (Phi) is 7.29. The number of pyridine rings is 1. The van der Waals surface area contributed by atoms with Crippen LogP contribution in [0.1, 0.15) is 52.6 Å². The molecular formula is C20H24N8O2. The average molecular weight is 408 g/mol. The third kappa shape index (κ3) is 5.51. The van der Waals surface area contributed by atoms with Gasteiger partial charge in [0.2, 0.25) is 5.91 Å². The van der Waals surface area contributed by atoms with Crippen molar-refractivity contribution < 1.29 is 9.59 Å². The number of aromatic nitrogens is 3. The quantitative estimate of drug-likeness (QED) is 0.426. The van der Waals surface area contributed by atoms with Crippen molar-refractivity contribution in [3.63, 3.8) is 0 Å². The molecule has 2 amide bonds. The molecule has 3 rings (SSSR count). The minimum Gasteiger partial charge on any atom is -0.348 e. The van der Waals surface area contributed by atoms with E-state index in [0.717, 1.165) is 11.3 Å². The summed E-state index contributed by atoms with van der Waals surface area (Å²) in [6, 6.07) is 3.72. The number of carbonyl (C=O) groups excluding carboxylic acids is 2. The van der Waals surface area contributed by atoms with Crippen molar-refractivity contribution in [2.45, 2.75) is 38.6 Å². The molecule has 0 aliphatic carbocycles. The Morgan fingerprint density at radius 1 is 1.33 bits per heavy atom. The highest BCUT2D eigenvalue weighted by Crippen LogP contribution is 2.29. The van der Waals surface area contributed by atoms with Crippen LogP contribution in [0, 0.1) is 6.92 Å². The van der Waals surface area contributed by atoms with E-state index in [2.05, 4.69) is 30.3 Å². The molecule has 1 aliphatic rings. The number of amides is 2. The summed E-state index contributed by atoms with van der Waals surface area (Å²) in [5.74, 6) is 0.449. The maximum Gasteiger partial charge on any atom is 0.254 e. The van der Waals surface area contributed by atoms with Gasteiger partial charge in [-0.15, -0.1) is 0 Å². The second-order valence-electron chi connectivity index (χ2n) is 7.12. The van der Waals surface area contributed by atoms with Crippen LogP contribution in [-0.4, -0.2) is 51.3 Å². The van der Waals surface area contributed by atoms with Gasteiger partial charge < -0.3 is 10.2 Å². The molecule has 2 aromatic heterocycles. The highest BCUT2D eigenvalue weighted by molar-refractivity contribution is 5.95. The molecule has 0 radical (unpaired) electrons. The number of carbonyl (C=O) groups is 2. The van der Waals surface area contributed by atoms with E-state index >= 15 is 0 Å². The van der Waals surface area contributed by atoms with Crippen LogP contribution in [0.4, 0.5) is 0 Å². The van der Waals surface area contributed by atoms with Crippen LogP contribution < -0.4 is 5.32 Å². The normalized spacial score (nSPS) is 14.1. The Morgan fingerprint density at radius 3 is 2.83 bits per heavy atom. The van der Waals surface area contributed by atoms with Crippen molar-refractivity contribution in [1.29, 1.82) is 0 Å². The standard InChI is InChI=1S/C20H24N8O2/c1-14-23-13-17(20(30)24-12-15-3-2-7-22-11-15)19(26-14)16-5-9-28(10-6-16)18(29)4-8-25-27-21/h2-3,7,11,13,16H,4-6,8-10,12H2,1H3,(H,24,30). The van der Waals surface area contributed by atoms with Gasteiger partial charge in [0.1, 0.15) is 5.82 Å². The number of hydrogen-bond acceptors (Lipinski definition) is 6. The monoisotopic (exact) mass is 408 g/mol. The molecule has 0 saturated carbocycles. The summed E-state index contributed by atoms with van der Waals surface area (Å²) in [5, 5.41) is 6.32. The number of aryl methyl sites for hydroxylation is 1. The van der Waals surface area contributed by atoms with Crippen LogP contribution in [0.5, 0.6) is 0 Å². The Balaban J connectivity index is 1.65. The lowest BCUT2D eigenvalue weighted by Crippen LogP contribution is -2.38. The molecule has 1 fully saturated rings. The van der Waals surface area contributed by atoms with Crippen LogP contribution in [0.25, 0.3) is 10.4 Å². The maximum atomic E-state index is 12.8. The van der Waals surface area contributed by atoms with E-state index in [0.29, 0.717) is 43.9 Å². The van der Waals surface area contributed by atoms with Crippen LogP contribution >= 0.6 is 0 Å². The summed E-state index contributed by atoms with van der Waals surface area (Å²) >= 11 is 0. The first-order valence-corrected chi connectivity index (χ1v) is 9.87. The van der Waals surface area contributed by atoms with E-state index in [9.17, 15) is 9.59 Å². The largest absolute Gasteiger partial charge is 0.348 e. The molecular weight excluding hydrogens is 384 g/mol. The van der Waals surface area contributed by atoms with E-state index in [1.165, 1.54) is 0 Å². The first kappa shape index (κ1) is 21.2. The van der Waals surface area contributed by atoms with Crippen LogP contribution in [0.3, 0.4) is 0 Å². The topological polar surface area (TPSA) is 137 Å². The second-order valence-corrected chi connectivity index (χ2v) is 7.12.